The summed E-state index contributed by atoms with van der Waals surface area (Å²) in [5, 5.41) is -0.315. The number of amides is 1. The Bertz CT molecular complexity index is 863. The van der Waals surface area contributed by atoms with E-state index in [-0.39, 0.29) is 11.7 Å². The molecule has 0 fully saturated rings. The molecule has 29 heavy (non-hydrogen) atoms. The smallest absolute Gasteiger partial charge is 0.343 e. The number of esters is 2. The second kappa shape index (κ2) is 9.80. The summed E-state index contributed by atoms with van der Waals surface area (Å²) < 4.78 is 26.0. The standard InChI is InChI=1S/C18H23N2O8P/c1-24-17(22)15(16(18(23)25-2)29(26-3,27-4)28-5)20-13-9-7-6-8-12(13)19-11-10-14(20)21/h6-9,11,15H,10H2,1-5H3. The highest BCUT2D eigenvalue weighted by atomic mass is 31.2. The number of benzene rings is 1. The first-order valence-corrected chi connectivity index (χ1v) is 9.98. The normalized spacial score (nSPS) is 14.7. The van der Waals surface area contributed by atoms with Gasteiger partial charge in [0.1, 0.15) is 5.29 Å². The third-order valence-corrected chi connectivity index (χ3v) is 6.72. The van der Waals surface area contributed by atoms with E-state index in [1.54, 1.807) is 24.3 Å². The van der Waals surface area contributed by atoms with Crippen molar-refractivity contribution in [2.75, 3.05) is 40.4 Å². The highest BCUT2D eigenvalue weighted by Crippen LogP contribution is 2.52. The summed E-state index contributed by atoms with van der Waals surface area (Å²) in [6, 6.07) is 5.13. The maximum absolute atomic E-state index is 13.0. The first-order valence-electron chi connectivity index (χ1n) is 8.44. The zero-order valence-corrected chi connectivity index (χ0v) is 17.7. The van der Waals surface area contributed by atoms with E-state index in [0.29, 0.717) is 11.4 Å². The molecule has 1 atom stereocenters. The highest BCUT2D eigenvalue weighted by Gasteiger charge is 2.46. The predicted octanol–water partition coefficient (Wildman–Crippen LogP) is 1.71. The van der Waals surface area contributed by atoms with Crippen LogP contribution >= 0.6 is 7.57 Å². The van der Waals surface area contributed by atoms with Gasteiger partial charge in [-0.2, -0.15) is 0 Å². The summed E-state index contributed by atoms with van der Waals surface area (Å²) in [4.78, 5) is 44.1. The molecular formula is C18H23N2O8P. The van der Waals surface area contributed by atoms with Crippen molar-refractivity contribution in [3.05, 3.63) is 24.3 Å². The average molecular weight is 426 g/mol. The minimum absolute atomic E-state index is 0.102. The molecule has 2 rings (SSSR count). The number of carbonyl (C=O) groups excluding carboxylic acids is 3. The van der Waals surface area contributed by atoms with E-state index in [0.717, 1.165) is 19.1 Å². The lowest BCUT2D eigenvalue weighted by Gasteiger charge is -2.33. The Labute approximate surface area is 168 Å². The quantitative estimate of drug-likeness (QED) is 0.478. The molecule has 1 amide bonds. The van der Waals surface area contributed by atoms with Gasteiger partial charge in [0.05, 0.1) is 32.0 Å². The minimum atomic E-state index is -3.56. The predicted molar refractivity (Wildman–Crippen MR) is 107 cm³/mol. The van der Waals surface area contributed by atoms with Gasteiger partial charge in [-0.15, -0.1) is 0 Å². The third kappa shape index (κ3) is 4.25. The molecule has 0 radical (unpaired) electrons. The average Bonchev–Trinajstić information content (AvgIpc) is 2.92. The van der Waals surface area contributed by atoms with E-state index in [1.807, 2.05) is 0 Å². The van der Waals surface area contributed by atoms with E-state index in [9.17, 15) is 14.4 Å². The zero-order chi connectivity index (χ0) is 21.6. The lowest BCUT2D eigenvalue weighted by atomic mass is 10.1. The van der Waals surface area contributed by atoms with Crippen LogP contribution in [0.3, 0.4) is 0 Å². The molecular weight excluding hydrogens is 403 g/mol. The molecule has 0 bridgehead atoms. The first-order chi connectivity index (χ1) is 13.9. The van der Waals surface area contributed by atoms with E-state index in [2.05, 4.69) is 4.99 Å². The maximum Gasteiger partial charge on any atom is 0.343 e. The third-order valence-electron chi connectivity index (χ3n) is 4.26. The van der Waals surface area contributed by atoms with E-state index in [1.165, 1.54) is 27.5 Å². The lowest BCUT2D eigenvalue weighted by molar-refractivity contribution is -0.142. The lowest BCUT2D eigenvalue weighted by Crippen LogP contribution is -2.53. The van der Waals surface area contributed by atoms with Crippen LogP contribution in [-0.4, -0.2) is 70.9 Å². The Balaban J connectivity index is 2.89. The fourth-order valence-corrected chi connectivity index (χ4v) is 4.83. The number of fused-ring (bicyclic) bond motifs is 1. The number of aliphatic imine (C=N–C) groups is 1. The number of para-hydroxylation sites is 2. The first kappa shape index (κ1) is 22.8. The Morgan fingerprint density at radius 1 is 1.03 bits per heavy atom. The van der Waals surface area contributed by atoms with Crippen molar-refractivity contribution in [2.24, 2.45) is 4.99 Å². The molecule has 0 spiro atoms. The maximum atomic E-state index is 13.0. The van der Waals surface area contributed by atoms with Crippen LogP contribution in [0, 0.1) is 0 Å². The second-order valence-corrected chi connectivity index (χ2v) is 8.19. The Morgan fingerprint density at radius 3 is 2.21 bits per heavy atom. The molecule has 0 saturated heterocycles. The fraction of sp³-hybridized carbons (Fsp3) is 0.389. The monoisotopic (exact) mass is 426 g/mol. The molecule has 1 aromatic rings. The molecule has 158 valence electrons. The molecule has 0 aromatic heterocycles. The summed E-state index contributed by atoms with van der Waals surface area (Å²) in [7, 11) is 2.51. The Kier molecular flexibility index (Phi) is 7.69. The van der Waals surface area contributed by atoms with Crippen LogP contribution in [0.1, 0.15) is 6.42 Å². The molecule has 1 aliphatic rings. The van der Waals surface area contributed by atoms with Gasteiger partial charge in [0.25, 0.3) is 7.57 Å². The van der Waals surface area contributed by atoms with Crippen LogP contribution < -0.4 is 4.90 Å². The Hall–Kier alpha value is -2.52. The molecule has 10 nitrogen and oxygen atoms in total. The van der Waals surface area contributed by atoms with Crippen molar-refractivity contribution in [1.29, 1.82) is 0 Å². The van der Waals surface area contributed by atoms with Crippen molar-refractivity contribution in [3.63, 3.8) is 0 Å². The van der Waals surface area contributed by atoms with Gasteiger partial charge < -0.3 is 23.0 Å². The van der Waals surface area contributed by atoms with Gasteiger partial charge in [-0.25, -0.2) is 9.59 Å². The van der Waals surface area contributed by atoms with Crippen LogP contribution in [0.15, 0.2) is 29.3 Å². The number of hydrogen-bond acceptors (Lipinski definition) is 9. The summed E-state index contributed by atoms with van der Waals surface area (Å²) in [6.07, 6.45) is 1.33. The van der Waals surface area contributed by atoms with Gasteiger partial charge in [0.15, 0.2) is 6.04 Å². The summed E-state index contributed by atoms with van der Waals surface area (Å²) in [6.45, 7) is 0. The van der Waals surface area contributed by atoms with E-state index in [4.69, 9.17) is 23.0 Å². The highest BCUT2D eigenvalue weighted by molar-refractivity contribution is 7.65. The molecule has 1 aromatic carbocycles. The van der Waals surface area contributed by atoms with Crippen molar-refractivity contribution in [2.45, 2.75) is 12.5 Å². The van der Waals surface area contributed by atoms with Crippen LogP contribution in [0.2, 0.25) is 0 Å². The number of ether oxygens (including phenoxy) is 2. The summed E-state index contributed by atoms with van der Waals surface area (Å²) >= 11 is 0. The molecule has 1 aliphatic heterocycles. The van der Waals surface area contributed by atoms with Crippen molar-refractivity contribution in [3.8, 4) is 0 Å². The molecule has 0 aliphatic carbocycles. The van der Waals surface area contributed by atoms with Crippen molar-refractivity contribution in [1.82, 2.24) is 0 Å². The van der Waals surface area contributed by atoms with Crippen LogP contribution in [0.4, 0.5) is 11.4 Å². The number of rotatable bonds is 7. The number of methoxy groups -OCH3 is 2. The van der Waals surface area contributed by atoms with Crippen LogP contribution in [0.5, 0.6) is 0 Å². The van der Waals surface area contributed by atoms with Gasteiger partial charge >= 0.3 is 11.9 Å². The largest absolute Gasteiger partial charge is 0.467 e. The minimum Gasteiger partial charge on any atom is -0.467 e. The fourth-order valence-electron chi connectivity index (χ4n) is 2.96. The van der Waals surface area contributed by atoms with Crippen LogP contribution in [0.25, 0.3) is 0 Å². The SMILES string of the molecule is COC(=O)C(C(C(=O)OC)N1C(=O)CC=Nc2ccccc21)=P(OC)(OC)OC. The van der Waals surface area contributed by atoms with Gasteiger partial charge in [0, 0.05) is 27.5 Å². The van der Waals surface area contributed by atoms with Crippen molar-refractivity contribution >= 4 is 48.3 Å². The number of nitrogens with zero attached hydrogens (tertiary/aromatic N) is 2. The second-order valence-electron chi connectivity index (χ2n) is 5.62. The van der Waals surface area contributed by atoms with Crippen LogP contribution in [-0.2, 0) is 37.4 Å². The topological polar surface area (TPSA) is 113 Å². The van der Waals surface area contributed by atoms with E-state index >= 15 is 0 Å². The van der Waals surface area contributed by atoms with Gasteiger partial charge in [-0.3, -0.25) is 14.7 Å². The number of carbonyl (C=O) groups is 3. The summed E-state index contributed by atoms with van der Waals surface area (Å²) in [5.74, 6) is -2.32. The van der Waals surface area contributed by atoms with Gasteiger partial charge in [-0.1, -0.05) is 12.1 Å². The Morgan fingerprint density at radius 2 is 1.66 bits per heavy atom. The zero-order valence-electron chi connectivity index (χ0n) is 16.8. The molecule has 1 heterocycles. The number of anilines is 1. The van der Waals surface area contributed by atoms with Crippen molar-refractivity contribution < 1.29 is 37.4 Å². The molecule has 0 N–H and O–H groups in total. The molecule has 11 heteroatoms. The van der Waals surface area contributed by atoms with E-state index < -0.39 is 31.5 Å². The van der Waals surface area contributed by atoms with Gasteiger partial charge in [-0.05, 0) is 12.1 Å². The molecule has 1 unspecified atom stereocenters. The number of hydrogen-bond donors (Lipinski definition) is 0. The molecule has 0 saturated carbocycles. The van der Waals surface area contributed by atoms with Gasteiger partial charge in [0.2, 0.25) is 5.91 Å². The summed E-state index contributed by atoms with van der Waals surface area (Å²) in [5.41, 5.74) is 0.747.